The van der Waals surface area contributed by atoms with Crippen molar-refractivity contribution < 1.29 is 9.90 Å². The third-order valence-electron chi connectivity index (χ3n) is 3.01. The number of rotatable bonds is 6. The van der Waals surface area contributed by atoms with E-state index in [4.69, 9.17) is 5.11 Å². The second-order valence-electron chi connectivity index (χ2n) is 4.63. The molecule has 1 aromatic heterocycles. The minimum Gasteiger partial charge on any atom is -0.478 e. The van der Waals surface area contributed by atoms with Crippen LogP contribution >= 0.6 is 0 Å². The van der Waals surface area contributed by atoms with Gasteiger partial charge in [0.25, 0.3) is 0 Å². The summed E-state index contributed by atoms with van der Waals surface area (Å²) in [5.74, 6) is -0.892. The zero-order valence-electron chi connectivity index (χ0n) is 11.2. The van der Waals surface area contributed by atoms with Crippen LogP contribution < -0.4 is 0 Å². The Hall–Kier alpha value is -2.42. The number of aromatic nitrogens is 1. The second-order valence-corrected chi connectivity index (χ2v) is 4.63. The van der Waals surface area contributed by atoms with E-state index in [2.05, 4.69) is 35.3 Å². The molecule has 3 heteroatoms. The quantitative estimate of drug-likeness (QED) is 0.817. The summed E-state index contributed by atoms with van der Waals surface area (Å²) >= 11 is 0. The minimum atomic E-state index is -0.892. The molecule has 0 fully saturated rings. The third kappa shape index (κ3) is 4.69. The molecule has 0 radical (unpaired) electrons. The first kappa shape index (κ1) is 14.0. The average Bonchev–Trinajstić information content (AvgIpc) is 2.46. The van der Waals surface area contributed by atoms with Crippen LogP contribution in [0.2, 0.25) is 0 Å². The summed E-state index contributed by atoms with van der Waals surface area (Å²) < 4.78 is 0. The van der Waals surface area contributed by atoms with E-state index in [1.165, 1.54) is 22.8 Å². The van der Waals surface area contributed by atoms with Crippen molar-refractivity contribution in [2.45, 2.75) is 19.3 Å². The van der Waals surface area contributed by atoms with E-state index in [0.717, 1.165) is 19.3 Å². The molecule has 1 aromatic carbocycles. The van der Waals surface area contributed by atoms with E-state index in [9.17, 15) is 4.79 Å². The summed E-state index contributed by atoms with van der Waals surface area (Å²) in [7, 11) is 0. The lowest BCUT2D eigenvalue weighted by Crippen LogP contribution is -1.91. The second kappa shape index (κ2) is 7.24. The number of aliphatic carboxylic acids is 1. The normalized spacial score (nSPS) is 10.8. The van der Waals surface area contributed by atoms with Gasteiger partial charge in [-0.2, -0.15) is 0 Å². The fraction of sp³-hybridized carbons (Fsp3) is 0.176. The first-order valence-electron chi connectivity index (χ1n) is 6.60. The third-order valence-corrected chi connectivity index (χ3v) is 3.01. The van der Waals surface area contributed by atoms with Crippen molar-refractivity contribution in [3.8, 4) is 0 Å². The number of pyridine rings is 1. The van der Waals surface area contributed by atoms with E-state index >= 15 is 0 Å². The zero-order valence-corrected chi connectivity index (χ0v) is 11.2. The topological polar surface area (TPSA) is 50.2 Å². The largest absolute Gasteiger partial charge is 0.478 e. The Morgan fingerprint density at radius 2 is 1.85 bits per heavy atom. The highest BCUT2D eigenvalue weighted by Crippen LogP contribution is 2.11. The summed E-state index contributed by atoms with van der Waals surface area (Å²) in [6.07, 6.45) is 9.02. The van der Waals surface area contributed by atoms with Gasteiger partial charge in [-0.1, -0.05) is 36.4 Å². The highest BCUT2D eigenvalue weighted by molar-refractivity contribution is 5.79. The van der Waals surface area contributed by atoms with Crippen molar-refractivity contribution in [3.05, 3.63) is 77.6 Å². The monoisotopic (exact) mass is 267 g/mol. The predicted molar refractivity (Wildman–Crippen MR) is 78.6 cm³/mol. The number of benzene rings is 1. The van der Waals surface area contributed by atoms with E-state index in [1.807, 2.05) is 12.3 Å². The highest BCUT2D eigenvalue weighted by Gasteiger charge is 1.97. The molecule has 2 rings (SSSR count). The number of carbonyl (C=O) groups is 1. The van der Waals surface area contributed by atoms with Crippen LogP contribution in [0.25, 0.3) is 0 Å². The van der Waals surface area contributed by atoms with Crippen LogP contribution in [0, 0.1) is 0 Å². The molecule has 0 amide bonds. The maximum Gasteiger partial charge on any atom is 0.327 e. The maximum atomic E-state index is 10.3. The molecule has 0 bridgehead atoms. The molecule has 0 atom stereocenters. The smallest absolute Gasteiger partial charge is 0.327 e. The van der Waals surface area contributed by atoms with Crippen LogP contribution in [0.4, 0.5) is 0 Å². The molecule has 1 N–H and O–H groups in total. The molecule has 0 saturated carbocycles. The highest BCUT2D eigenvalue weighted by atomic mass is 16.4. The van der Waals surface area contributed by atoms with Gasteiger partial charge >= 0.3 is 5.97 Å². The Bertz CT molecular complexity index is 574. The number of allylic oxidation sites excluding steroid dienone is 1. The molecule has 3 nitrogen and oxygen atoms in total. The fourth-order valence-corrected chi connectivity index (χ4v) is 2.00. The van der Waals surface area contributed by atoms with Gasteiger partial charge in [-0.15, -0.1) is 0 Å². The first-order chi connectivity index (χ1) is 9.74. The summed E-state index contributed by atoms with van der Waals surface area (Å²) in [5.41, 5.74) is 3.67. The molecular formula is C17H17NO2. The van der Waals surface area contributed by atoms with Crippen LogP contribution in [0.15, 0.2) is 60.9 Å². The number of nitrogens with zero attached hydrogens (tertiary/aromatic N) is 1. The summed E-state index contributed by atoms with van der Waals surface area (Å²) in [5, 5.41) is 8.50. The molecule has 0 aliphatic rings. The Balaban J connectivity index is 1.88. The lowest BCUT2D eigenvalue weighted by Gasteiger charge is -2.03. The van der Waals surface area contributed by atoms with Crippen LogP contribution in [-0.4, -0.2) is 16.1 Å². The van der Waals surface area contributed by atoms with Crippen molar-refractivity contribution in [2.75, 3.05) is 0 Å². The van der Waals surface area contributed by atoms with Gasteiger partial charge in [-0.3, -0.25) is 4.98 Å². The number of carboxylic acids is 1. The predicted octanol–water partition coefficient (Wildman–Crippen LogP) is 3.25. The van der Waals surface area contributed by atoms with Gasteiger partial charge in [-0.05, 0) is 42.0 Å². The lowest BCUT2D eigenvalue weighted by atomic mass is 10.0. The Morgan fingerprint density at radius 1 is 1.10 bits per heavy atom. The van der Waals surface area contributed by atoms with Gasteiger partial charge in [0.2, 0.25) is 0 Å². The maximum absolute atomic E-state index is 10.3. The van der Waals surface area contributed by atoms with Crippen LogP contribution in [-0.2, 0) is 17.6 Å². The van der Waals surface area contributed by atoms with Gasteiger partial charge in [0.05, 0.1) is 0 Å². The molecule has 0 saturated heterocycles. The Labute approximate surface area is 118 Å². The summed E-state index contributed by atoms with van der Waals surface area (Å²) in [4.78, 5) is 14.4. The molecule has 0 aliphatic heterocycles. The van der Waals surface area contributed by atoms with Crippen molar-refractivity contribution in [2.24, 2.45) is 0 Å². The molecular weight excluding hydrogens is 250 g/mol. The van der Waals surface area contributed by atoms with Gasteiger partial charge < -0.3 is 5.11 Å². The molecule has 0 unspecified atom stereocenters. The average molecular weight is 267 g/mol. The Kier molecular flexibility index (Phi) is 5.07. The summed E-state index contributed by atoms with van der Waals surface area (Å²) in [6.45, 7) is 0. The van der Waals surface area contributed by atoms with Gasteiger partial charge in [0, 0.05) is 18.5 Å². The zero-order chi connectivity index (χ0) is 14.2. The standard InChI is InChI=1S/C17H17NO2/c19-17(20)6-2-1-4-14-7-9-15(10-8-14)12-16-5-3-11-18-13-16/h2-3,5-11,13H,1,4,12H2,(H,19,20)/b6-2+. The lowest BCUT2D eigenvalue weighted by molar-refractivity contribution is -0.131. The van der Waals surface area contributed by atoms with Gasteiger partial charge in [0.15, 0.2) is 0 Å². The molecule has 20 heavy (non-hydrogen) atoms. The van der Waals surface area contributed by atoms with Crippen molar-refractivity contribution in [1.82, 2.24) is 4.98 Å². The minimum absolute atomic E-state index is 0.744. The molecule has 2 aromatic rings. The molecule has 1 heterocycles. The Morgan fingerprint density at radius 3 is 2.50 bits per heavy atom. The van der Waals surface area contributed by atoms with Crippen molar-refractivity contribution >= 4 is 5.97 Å². The molecule has 102 valence electrons. The van der Waals surface area contributed by atoms with Crippen LogP contribution in [0.5, 0.6) is 0 Å². The van der Waals surface area contributed by atoms with E-state index in [0.29, 0.717) is 0 Å². The van der Waals surface area contributed by atoms with Gasteiger partial charge in [0.1, 0.15) is 0 Å². The van der Waals surface area contributed by atoms with E-state index < -0.39 is 5.97 Å². The SMILES string of the molecule is O=C(O)/C=C/CCc1ccc(Cc2cccnc2)cc1. The summed E-state index contributed by atoms with van der Waals surface area (Å²) in [6, 6.07) is 12.4. The van der Waals surface area contributed by atoms with Crippen molar-refractivity contribution in [1.29, 1.82) is 0 Å². The fourth-order valence-electron chi connectivity index (χ4n) is 2.00. The van der Waals surface area contributed by atoms with Crippen molar-refractivity contribution in [3.63, 3.8) is 0 Å². The van der Waals surface area contributed by atoms with E-state index in [-0.39, 0.29) is 0 Å². The number of hydrogen-bond acceptors (Lipinski definition) is 2. The first-order valence-corrected chi connectivity index (χ1v) is 6.60. The van der Waals surface area contributed by atoms with Crippen LogP contribution in [0.3, 0.4) is 0 Å². The number of aryl methyl sites for hydroxylation is 1. The number of carboxylic acid groups (broad SMARTS) is 1. The van der Waals surface area contributed by atoms with Gasteiger partial charge in [-0.25, -0.2) is 4.79 Å². The molecule has 0 spiro atoms. The number of hydrogen-bond donors (Lipinski definition) is 1. The molecule has 0 aliphatic carbocycles. The van der Waals surface area contributed by atoms with Crippen LogP contribution in [0.1, 0.15) is 23.1 Å². The van der Waals surface area contributed by atoms with E-state index in [1.54, 1.807) is 12.3 Å².